The molecule has 2 heterocycles. The van der Waals surface area contributed by atoms with Crippen LogP contribution in [-0.2, 0) is 32.4 Å². The molecule has 4 aromatic rings. The Hall–Kier alpha value is -5.78. The van der Waals surface area contributed by atoms with E-state index in [0.717, 1.165) is 11.1 Å². The van der Waals surface area contributed by atoms with Gasteiger partial charge in [0.25, 0.3) is 0 Å². The van der Waals surface area contributed by atoms with Gasteiger partial charge in [-0.05, 0) is 83.9 Å². The molecule has 2 aliphatic rings. The molecule has 3 N–H and O–H groups in total. The van der Waals surface area contributed by atoms with Crippen molar-refractivity contribution in [2.45, 2.75) is 26.1 Å². The first kappa shape index (κ1) is 33.6. The van der Waals surface area contributed by atoms with Crippen LogP contribution >= 0.6 is 0 Å². The zero-order valence-electron chi connectivity index (χ0n) is 25.8. The summed E-state index contributed by atoms with van der Waals surface area (Å²) in [5.74, 6) is -2.26. The van der Waals surface area contributed by atoms with Crippen molar-refractivity contribution in [3.63, 3.8) is 0 Å². The van der Waals surface area contributed by atoms with Gasteiger partial charge in [-0.1, -0.05) is 24.3 Å². The number of carbonyl (C=O) groups excluding carboxylic acids is 3. The fourth-order valence-electron chi connectivity index (χ4n) is 5.30. The number of nitrogens with two attached hydrogens (primary N) is 1. The van der Waals surface area contributed by atoms with Crippen molar-refractivity contribution in [2.24, 2.45) is 17.6 Å². The number of ether oxygens (including phenoxy) is 2. The number of halogens is 2. The van der Waals surface area contributed by atoms with Crippen LogP contribution in [-0.4, -0.2) is 41.9 Å². The van der Waals surface area contributed by atoms with Crippen LogP contribution in [0.25, 0.3) is 0 Å². The lowest BCUT2D eigenvalue weighted by Crippen LogP contribution is -2.28. The summed E-state index contributed by atoms with van der Waals surface area (Å²) < 4.78 is 37.4. The Morgan fingerprint density at radius 1 is 0.688 bits per heavy atom. The molecule has 0 spiro atoms. The third-order valence-electron chi connectivity index (χ3n) is 7.89. The van der Waals surface area contributed by atoms with Gasteiger partial charge in [-0.25, -0.2) is 8.78 Å². The van der Waals surface area contributed by atoms with Crippen LogP contribution in [0, 0.1) is 23.5 Å². The van der Waals surface area contributed by atoms with E-state index in [-0.39, 0.29) is 56.0 Å². The number of primary amides is 1. The predicted octanol–water partition coefficient (Wildman–Crippen LogP) is 5.09. The molecule has 2 saturated heterocycles. The molecular weight excluding hydrogens is 624 g/mol. The standard InChI is InChI=1S/C18H17FN2O3.C18H16FNO4/c19-14-3-1-2-12(8-14)11-24-16-6-4-15(5-7-16)21-10-13(18(20)23)9-17(21)22;19-14-3-1-2-12(8-14)11-24-16-6-4-15(5-7-16)20-10-13(18(22)23)9-17(20)21/h1-8,13H,9-11H2,(H2,20,23);1-8,13H,9-11H2,(H,22,23)/t2*13-/m11/s1. The average Bonchev–Trinajstić information content (AvgIpc) is 3.67. The molecule has 0 saturated carbocycles. The largest absolute Gasteiger partial charge is 0.489 e. The summed E-state index contributed by atoms with van der Waals surface area (Å²) in [6.45, 7) is 0.972. The van der Waals surface area contributed by atoms with Crippen molar-refractivity contribution in [1.82, 2.24) is 0 Å². The van der Waals surface area contributed by atoms with E-state index in [1.54, 1.807) is 77.7 Å². The predicted molar refractivity (Wildman–Crippen MR) is 172 cm³/mol. The SMILES string of the molecule is NC(=O)[C@@H]1CC(=O)N(c2ccc(OCc3cccc(F)c3)cc2)C1.O=C(O)[C@@H]1CC(=O)N(c2ccc(OCc3cccc(F)c3)cc2)C1. The lowest BCUT2D eigenvalue weighted by atomic mass is 10.1. The second-order valence-electron chi connectivity index (χ2n) is 11.4. The van der Waals surface area contributed by atoms with E-state index in [1.807, 2.05) is 0 Å². The number of aliphatic carboxylic acids is 1. The van der Waals surface area contributed by atoms with Crippen LogP contribution < -0.4 is 25.0 Å². The van der Waals surface area contributed by atoms with Gasteiger partial charge < -0.3 is 30.1 Å². The number of anilines is 2. The first-order valence-electron chi connectivity index (χ1n) is 15.1. The number of amides is 3. The summed E-state index contributed by atoms with van der Waals surface area (Å²) in [5.41, 5.74) is 8.06. The van der Waals surface area contributed by atoms with Crippen molar-refractivity contribution >= 4 is 35.1 Å². The molecule has 2 aliphatic heterocycles. The van der Waals surface area contributed by atoms with E-state index in [2.05, 4.69) is 0 Å². The summed E-state index contributed by atoms with van der Waals surface area (Å²) in [7, 11) is 0. The third-order valence-corrected chi connectivity index (χ3v) is 7.89. The summed E-state index contributed by atoms with van der Waals surface area (Å²) in [6.07, 6.45) is 0.167. The normalized spacial score (nSPS) is 17.1. The maximum absolute atomic E-state index is 13.1. The summed E-state index contributed by atoms with van der Waals surface area (Å²) >= 11 is 0. The molecule has 4 aromatic carbocycles. The Kier molecular flexibility index (Phi) is 10.6. The summed E-state index contributed by atoms with van der Waals surface area (Å²) in [4.78, 5) is 49.1. The highest BCUT2D eigenvalue weighted by Crippen LogP contribution is 2.28. The van der Waals surface area contributed by atoms with Crippen molar-refractivity contribution < 1.29 is 42.5 Å². The van der Waals surface area contributed by atoms with Crippen molar-refractivity contribution in [3.8, 4) is 11.5 Å². The second-order valence-corrected chi connectivity index (χ2v) is 11.4. The molecule has 12 heteroatoms. The van der Waals surface area contributed by atoms with Gasteiger partial charge in [0, 0.05) is 37.3 Å². The number of rotatable bonds is 10. The van der Waals surface area contributed by atoms with E-state index < -0.39 is 23.7 Å². The molecule has 0 unspecified atom stereocenters. The fraction of sp³-hybridized carbons (Fsp3) is 0.222. The smallest absolute Gasteiger partial charge is 0.308 e. The molecule has 0 radical (unpaired) electrons. The zero-order valence-corrected chi connectivity index (χ0v) is 25.8. The molecule has 48 heavy (non-hydrogen) atoms. The van der Waals surface area contributed by atoms with Gasteiger partial charge in [0.15, 0.2) is 0 Å². The fourth-order valence-corrected chi connectivity index (χ4v) is 5.30. The van der Waals surface area contributed by atoms with Crippen molar-refractivity contribution in [2.75, 3.05) is 22.9 Å². The van der Waals surface area contributed by atoms with Crippen molar-refractivity contribution in [3.05, 3.63) is 120 Å². The number of carboxylic acid groups (broad SMARTS) is 1. The first-order valence-corrected chi connectivity index (χ1v) is 15.1. The van der Waals surface area contributed by atoms with E-state index in [4.69, 9.17) is 20.3 Å². The van der Waals surface area contributed by atoms with Gasteiger partial charge in [0.1, 0.15) is 36.3 Å². The van der Waals surface area contributed by atoms with Crippen molar-refractivity contribution in [1.29, 1.82) is 0 Å². The Labute approximate surface area is 275 Å². The molecule has 2 fully saturated rings. The maximum Gasteiger partial charge on any atom is 0.308 e. The molecule has 0 aliphatic carbocycles. The van der Waals surface area contributed by atoms with Crippen LogP contribution in [0.1, 0.15) is 24.0 Å². The molecule has 248 valence electrons. The number of nitrogens with zero attached hydrogens (tertiary/aromatic N) is 2. The minimum atomic E-state index is -0.958. The number of carboxylic acids is 1. The molecule has 2 atom stereocenters. The Balaban J connectivity index is 0.000000188. The number of hydrogen-bond donors (Lipinski definition) is 2. The Bertz CT molecular complexity index is 1650. The highest BCUT2D eigenvalue weighted by molar-refractivity contribution is 6.00. The minimum absolute atomic E-state index is 0.0210. The van der Waals surface area contributed by atoms with Crippen LogP contribution in [0.3, 0.4) is 0 Å². The highest BCUT2D eigenvalue weighted by Gasteiger charge is 2.35. The number of hydrogen-bond acceptors (Lipinski definition) is 6. The zero-order chi connectivity index (χ0) is 34.2. The molecule has 3 amide bonds. The van der Waals surface area contributed by atoms with Gasteiger partial charge in [-0.3, -0.25) is 19.2 Å². The van der Waals surface area contributed by atoms with Gasteiger partial charge in [-0.2, -0.15) is 0 Å². The first-order chi connectivity index (χ1) is 23.0. The minimum Gasteiger partial charge on any atom is -0.489 e. The monoisotopic (exact) mass is 657 g/mol. The lowest BCUT2D eigenvalue weighted by molar-refractivity contribution is -0.141. The topological polar surface area (TPSA) is 139 Å². The molecule has 0 aromatic heterocycles. The summed E-state index contributed by atoms with van der Waals surface area (Å²) in [6, 6.07) is 26.2. The van der Waals surface area contributed by atoms with E-state index >= 15 is 0 Å². The molecule has 6 rings (SSSR count). The van der Waals surface area contributed by atoms with E-state index in [0.29, 0.717) is 29.4 Å². The highest BCUT2D eigenvalue weighted by atomic mass is 19.1. The molecular formula is C36H33F2N3O7. The maximum atomic E-state index is 13.1. The quantitative estimate of drug-likeness (QED) is 0.242. The molecule has 10 nitrogen and oxygen atoms in total. The number of benzene rings is 4. The third kappa shape index (κ3) is 8.72. The second kappa shape index (κ2) is 15.2. The van der Waals surface area contributed by atoms with Crippen LogP contribution in [0.15, 0.2) is 97.1 Å². The van der Waals surface area contributed by atoms with Gasteiger partial charge in [-0.15, -0.1) is 0 Å². The van der Waals surface area contributed by atoms with E-state index in [9.17, 15) is 28.0 Å². The van der Waals surface area contributed by atoms with Gasteiger partial charge in [0.05, 0.1) is 11.8 Å². The molecule has 0 bridgehead atoms. The average molecular weight is 658 g/mol. The number of carbonyl (C=O) groups is 4. The van der Waals surface area contributed by atoms with Crippen LogP contribution in [0.2, 0.25) is 0 Å². The Morgan fingerprint density at radius 3 is 1.46 bits per heavy atom. The lowest BCUT2D eigenvalue weighted by Gasteiger charge is -2.16. The van der Waals surface area contributed by atoms with Gasteiger partial charge >= 0.3 is 5.97 Å². The summed E-state index contributed by atoms with van der Waals surface area (Å²) in [5, 5.41) is 9.01. The Morgan fingerprint density at radius 2 is 1.10 bits per heavy atom. The van der Waals surface area contributed by atoms with Gasteiger partial charge in [0.2, 0.25) is 17.7 Å². The van der Waals surface area contributed by atoms with E-state index in [1.165, 1.54) is 29.2 Å². The van der Waals surface area contributed by atoms with Crippen LogP contribution in [0.4, 0.5) is 20.2 Å². The van der Waals surface area contributed by atoms with Crippen LogP contribution in [0.5, 0.6) is 11.5 Å².